The Morgan fingerprint density at radius 2 is 1.60 bits per heavy atom. The molecule has 0 unspecified atom stereocenters. The number of halogens is 2. The van der Waals surface area contributed by atoms with E-state index in [9.17, 15) is 18.8 Å². The second kappa shape index (κ2) is 13.5. The molecule has 3 amide bonds. The molecule has 0 saturated carbocycles. The van der Waals surface area contributed by atoms with Crippen LogP contribution in [0.5, 0.6) is 0 Å². The molecule has 0 atom stereocenters. The number of carbonyl (C=O) groups is 3. The van der Waals surface area contributed by atoms with E-state index in [1.165, 1.54) is 18.2 Å². The van der Waals surface area contributed by atoms with Crippen LogP contribution in [0.15, 0.2) is 97.1 Å². The van der Waals surface area contributed by atoms with Gasteiger partial charge in [-0.05, 0) is 72.6 Å². The summed E-state index contributed by atoms with van der Waals surface area (Å²) in [5.41, 5.74) is 3.39. The Kier molecular flexibility index (Phi) is 9.37. The zero-order valence-corrected chi connectivity index (χ0v) is 24.6. The average Bonchev–Trinajstić information content (AvgIpc) is 3.27. The third-order valence-corrected chi connectivity index (χ3v) is 7.65. The lowest BCUT2D eigenvalue weighted by Crippen LogP contribution is -2.36. The normalized spacial score (nSPS) is 13.3. The summed E-state index contributed by atoms with van der Waals surface area (Å²) < 4.78 is 13.8. The molecule has 0 aromatic heterocycles. The van der Waals surface area contributed by atoms with Crippen LogP contribution in [0.3, 0.4) is 0 Å². The van der Waals surface area contributed by atoms with Crippen molar-refractivity contribution in [2.75, 3.05) is 43.4 Å². The van der Waals surface area contributed by atoms with Crippen molar-refractivity contribution in [1.82, 2.24) is 9.80 Å². The van der Waals surface area contributed by atoms with Crippen molar-refractivity contribution in [2.45, 2.75) is 13.0 Å². The molecule has 220 valence electrons. The molecule has 1 aliphatic rings. The van der Waals surface area contributed by atoms with Gasteiger partial charge in [0, 0.05) is 67.3 Å². The highest BCUT2D eigenvalue weighted by molar-refractivity contribution is 6.30. The maximum absolute atomic E-state index is 13.9. The first-order valence-electron chi connectivity index (χ1n) is 14.1. The van der Waals surface area contributed by atoms with Gasteiger partial charge >= 0.3 is 0 Å². The van der Waals surface area contributed by atoms with Crippen LogP contribution in [-0.4, -0.2) is 60.7 Å². The zero-order chi connectivity index (χ0) is 30.3. The largest absolute Gasteiger partial charge is 0.369 e. The van der Waals surface area contributed by atoms with Crippen molar-refractivity contribution in [1.29, 1.82) is 0 Å². The smallest absolute Gasteiger partial charge is 0.256 e. The van der Waals surface area contributed by atoms with E-state index in [-0.39, 0.29) is 17.7 Å². The van der Waals surface area contributed by atoms with Crippen molar-refractivity contribution in [3.8, 4) is 0 Å². The molecular formula is C34H32ClFN4O3. The first-order valence-corrected chi connectivity index (χ1v) is 14.5. The second-order valence-electron chi connectivity index (χ2n) is 10.5. The molecular weight excluding hydrogens is 567 g/mol. The minimum absolute atomic E-state index is 0.196. The molecule has 1 N–H and O–H groups in total. The van der Waals surface area contributed by atoms with E-state index in [1.807, 2.05) is 36.4 Å². The lowest BCUT2D eigenvalue weighted by atomic mass is 10.1. The molecule has 1 saturated heterocycles. The molecule has 0 spiro atoms. The summed E-state index contributed by atoms with van der Waals surface area (Å²) >= 11 is 5.97. The van der Waals surface area contributed by atoms with E-state index in [0.717, 1.165) is 11.3 Å². The first-order chi connectivity index (χ1) is 20.8. The molecule has 43 heavy (non-hydrogen) atoms. The number of nitrogens with zero attached hydrogens (tertiary/aromatic N) is 3. The van der Waals surface area contributed by atoms with Gasteiger partial charge in [0.2, 0.25) is 0 Å². The van der Waals surface area contributed by atoms with Gasteiger partial charge in [0.25, 0.3) is 17.7 Å². The summed E-state index contributed by atoms with van der Waals surface area (Å²) in [5.74, 6) is -1.19. The summed E-state index contributed by atoms with van der Waals surface area (Å²) in [6.07, 6.45) is 0.670. The highest BCUT2D eigenvalue weighted by Gasteiger charge is 2.25. The van der Waals surface area contributed by atoms with Crippen LogP contribution in [0.2, 0.25) is 5.02 Å². The maximum Gasteiger partial charge on any atom is 0.256 e. The van der Waals surface area contributed by atoms with Crippen LogP contribution in [-0.2, 0) is 6.54 Å². The lowest BCUT2D eigenvalue weighted by molar-refractivity contribution is 0.0763. The zero-order valence-electron chi connectivity index (χ0n) is 23.8. The lowest BCUT2D eigenvalue weighted by Gasteiger charge is -2.28. The summed E-state index contributed by atoms with van der Waals surface area (Å²) in [5, 5.41) is 3.43. The standard InChI is InChI=1S/C34H32ClFN4O3/c1-38(23-24-7-3-2-4-8-24)34(43)30-22-29(37-32(41)25-11-13-27(35)14-12-25)15-16-31(30)39-17-6-18-40(20-19-39)33(42)26-9-5-10-28(36)21-26/h2-5,7-16,21-22H,6,17-20,23H2,1H3,(H,37,41). The summed E-state index contributed by atoms with van der Waals surface area (Å²) in [7, 11) is 1.75. The van der Waals surface area contributed by atoms with Gasteiger partial charge < -0.3 is 20.0 Å². The van der Waals surface area contributed by atoms with Crippen LogP contribution in [0.4, 0.5) is 15.8 Å². The van der Waals surface area contributed by atoms with Gasteiger partial charge in [0.1, 0.15) is 5.82 Å². The molecule has 0 radical (unpaired) electrons. The van der Waals surface area contributed by atoms with Crippen molar-refractivity contribution < 1.29 is 18.8 Å². The van der Waals surface area contributed by atoms with Gasteiger partial charge in [0.15, 0.2) is 0 Å². The Bertz CT molecular complexity index is 1610. The van der Waals surface area contributed by atoms with E-state index >= 15 is 0 Å². The Labute approximate surface area is 255 Å². The van der Waals surface area contributed by atoms with Crippen LogP contribution in [0, 0.1) is 5.82 Å². The Morgan fingerprint density at radius 3 is 2.35 bits per heavy atom. The topological polar surface area (TPSA) is 73.0 Å². The SMILES string of the molecule is CN(Cc1ccccc1)C(=O)c1cc(NC(=O)c2ccc(Cl)cc2)ccc1N1CCCN(C(=O)c2cccc(F)c2)CC1. The Hall–Kier alpha value is -4.69. The average molecular weight is 599 g/mol. The van der Waals surface area contributed by atoms with E-state index in [4.69, 9.17) is 11.6 Å². The van der Waals surface area contributed by atoms with Gasteiger partial charge in [-0.25, -0.2) is 4.39 Å². The monoisotopic (exact) mass is 598 g/mol. The summed E-state index contributed by atoms with van der Waals surface area (Å²) in [4.78, 5) is 45.4. The van der Waals surface area contributed by atoms with E-state index in [0.29, 0.717) is 66.5 Å². The number of hydrogen-bond acceptors (Lipinski definition) is 4. The molecule has 1 heterocycles. The van der Waals surface area contributed by atoms with Gasteiger partial charge in [-0.3, -0.25) is 14.4 Å². The Balaban J connectivity index is 1.39. The highest BCUT2D eigenvalue weighted by Crippen LogP contribution is 2.28. The van der Waals surface area contributed by atoms with E-state index in [2.05, 4.69) is 10.2 Å². The number of hydrogen-bond donors (Lipinski definition) is 1. The molecule has 0 bridgehead atoms. The van der Waals surface area contributed by atoms with Gasteiger partial charge in [-0.2, -0.15) is 0 Å². The van der Waals surface area contributed by atoms with E-state index < -0.39 is 5.82 Å². The number of carbonyl (C=O) groups excluding carboxylic acids is 3. The summed E-state index contributed by atoms with van der Waals surface area (Å²) in [6, 6.07) is 27.3. The van der Waals surface area contributed by atoms with Crippen molar-refractivity contribution in [3.05, 3.63) is 130 Å². The maximum atomic E-state index is 13.9. The van der Waals surface area contributed by atoms with Crippen LogP contribution >= 0.6 is 11.6 Å². The molecule has 1 aliphatic heterocycles. The highest BCUT2D eigenvalue weighted by atomic mass is 35.5. The summed E-state index contributed by atoms with van der Waals surface area (Å²) in [6.45, 7) is 2.44. The minimum atomic E-state index is -0.451. The third kappa shape index (κ3) is 7.40. The van der Waals surface area contributed by atoms with Crippen molar-refractivity contribution >= 4 is 40.7 Å². The predicted octanol–water partition coefficient (Wildman–Crippen LogP) is 6.36. The second-order valence-corrected chi connectivity index (χ2v) is 10.9. The quantitative estimate of drug-likeness (QED) is 0.269. The number of amides is 3. The van der Waals surface area contributed by atoms with Crippen molar-refractivity contribution in [3.63, 3.8) is 0 Å². The fourth-order valence-corrected chi connectivity index (χ4v) is 5.29. The molecule has 1 fully saturated rings. The van der Waals surface area contributed by atoms with Crippen LogP contribution in [0.1, 0.15) is 43.1 Å². The van der Waals surface area contributed by atoms with Gasteiger partial charge in [-0.15, -0.1) is 0 Å². The molecule has 5 rings (SSSR count). The molecule has 0 aliphatic carbocycles. The predicted molar refractivity (Wildman–Crippen MR) is 167 cm³/mol. The van der Waals surface area contributed by atoms with Gasteiger partial charge in [-0.1, -0.05) is 48.0 Å². The molecule has 4 aromatic carbocycles. The number of benzene rings is 4. The third-order valence-electron chi connectivity index (χ3n) is 7.40. The van der Waals surface area contributed by atoms with Crippen LogP contribution < -0.4 is 10.2 Å². The van der Waals surface area contributed by atoms with Crippen LogP contribution in [0.25, 0.3) is 0 Å². The molecule has 9 heteroatoms. The number of anilines is 2. The van der Waals surface area contributed by atoms with E-state index in [1.54, 1.807) is 59.3 Å². The number of nitrogens with one attached hydrogen (secondary N) is 1. The minimum Gasteiger partial charge on any atom is -0.369 e. The molecule has 7 nitrogen and oxygen atoms in total. The first kappa shape index (κ1) is 29.8. The fourth-order valence-electron chi connectivity index (χ4n) is 5.17. The molecule has 4 aromatic rings. The number of rotatable bonds is 7. The fraction of sp³-hybridized carbons (Fsp3) is 0.206. The van der Waals surface area contributed by atoms with Crippen molar-refractivity contribution in [2.24, 2.45) is 0 Å². The Morgan fingerprint density at radius 1 is 0.837 bits per heavy atom. The van der Waals surface area contributed by atoms with Gasteiger partial charge in [0.05, 0.1) is 5.56 Å².